The van der Waals surface area contributed by atoms with Gasteiger partial charge >= 0.3 is 0 Å². The summed E-state index contributed by atoms with van der Waals surface area (Å²) < 4.78 is 38.8. The van der Waals surface area contributed by atoms with Crippen molar-refractivity contribution in [3.05, 3.63) is 83.2 Å². The van der Waals surface area contributed by atoms with Crippen molar-refractivity contribution in [1.29, 1.82) is 0 Å². The smallest absolute Gasteiger partial charge is 0.191 e. The number of rotatable bonds is 8. The first kappa shape index (κ1) is 22.4. The number of halogens is 1. The highest BCUT2D eigenvalue weighted by atomic mass is 32.2. The SMILES string of the molecule is CN=C(NCc1cccc(Cn2cncn2)c1)NCc1cc(F)ccc1CS(C)(=O)=O. The number of hydrogen-bond acceptors (Lipinski definition) is 5. The molecule has 0 spiro atoms. The zero-order chi connectivity index (χ0) is 22.3. The fraction of sp³-hybridized carbons (Fsp3) is 0.286. The summed E-state index contributed by atoms with van der Waals surface area (Å²) in [5.74, 6) is -0.0352. The Hall–Kier alpha value is -3.27. The van der Waals surface area contributed by atoms with E-state index in [1.165, 1.54) is 24.5 Å². The van der Waals surface area contributed by atoms with Crippen molar-refractivity contribution in [3.8, 4) is 0 Å². The largest absolute Gasteiger partial charge is 0.352 e. The van der Waals surface area contributed by atoms with Crippen molar-refractivity contribution in [1.82, 2.24) is 25.4 Å². The van der Waals surface area contributed by atoms with Crippen molar-refractivity contribution in [2.45, 2.75) is 25.4 Å². The Balaban J connectivity index is 1.60. The monoisotopic (exact) mass is 444 g/mol. The van der Waals surface area contributed by atoms with Gasteiger partial charge in [0.25, 0.3) is 0 Å². The molecule has 0 aliphatic heterocycles. The number of hydrogen-bond donors (Lipinski definition) is 2. The molecule has 164 valence electrons. The third-order valence-corrected chi connectivity index (χ3v) is 5.35. The zero-order valence-corrected chi connectivity index (χ0v) is 18.2. The first-order valence-electron chi connectivity index (χ1n) is 9.62. The molecule has 0 fully saturated rings. The summed E-state index contributed by atoms with van der Waals surface area (Å²) in [4.78, 5) is 8.13. The molecule has 0 aliphatic rings. The van der Waals surface area contributed by atoms with Gasteiger partial charge in [-0.2, -0.15) is 5.10 Å². The molecule has 0 atom stereocenters. The maximum absolute atomic E-state index is 13.7. The van der Waals surface area contributed by atoms with Gasteiger partial charge in [-0.1, -0.05) is 30.3 Å². The van der Waals surface area contributed by atoms with Crippen LogP contribution < -0.4 is 10.6 Å². The van der Waals surface area contributed by atoms with Gasteiger partial charge < -0.3 is 10.6 Å². The molecule has 10 heteroatoms. The van der Waals surface area contributed by atoms with Crippen LogP contribution in [0.4, 0.5) is 4.39 Å². The second kappa shape index (κ2) is 10.2. The maximum Gasteiger partial charge on any atom is 0.191 e. The third-order valence-electron chi connectivity index (χ3n) is 4.52. The second-order valence-corrected chi connectivity index (χ2v) is 9.32. The van der Waals surface area contributed by atoms with E-state index in [2.05, 4.69) is 31.8 Å². The quantitative estimate of drug-likeness (QED) is 0.406. The van der Waals surface area contributed by atoms with Crippen LogP contribution in [0.25, 0.3) is 0 Å². The number of guanidine groups is 1. The Bertz CT molecular complexity index is 1150. The van der Waals surface area contributed by atoms with E-state index >= 15 is 0 Å². The van der Waals surface area contributed by atoms with Crippen molar-refractivity contribution < 1.29 is 12.8 Å². The van der Waals surface area contributed by atoms with Gasteiger partial charge in [-0.15, -0.1) is 0 Å². The van der Waals surface area contributed by atoms with E-state index in [1.807, 2.05) is 18.2 Å². The van der Waals surface area contributed by atoms with Crippen LogP contribution in [-0.4, -0.2) is 42.4 Å². The molecular weight excluding hydrogens is 419 g/mol. The van der Waals surface area contributed by atoms with Crippen molar-refractivity contribution in [2.24, 2.45) is 4.99 Å². The number of sulfone groups is 1. The van der Waals surface area contributed by atoms with Gasteiger partial charge in [0, 0.05) is 26.4 Å². The van der Waals surface area contributed by atoms with Crippen LogP contribution in [-0.2, 0) is 35.2 Å². The average Bonchev–Trinajstić information content (AvgIpc) is 3.22. The number of benzene rings is 2. The van der Waals surface area contributed by atoms with Gasteiger partial charge in [-0.3, -0.25) is 4.99 Å². The highest BCUT2D eigenvalue weighted by Crippen LogP contribution is 2.14. The van der Waals surface area contributed by atoms with Crippen molar-refractivity contribution in [3.63, 3.8) is 0 Å². The van der Waals surface area contributed by atoms with Crippen LogP contribution in [0.1, 0.15) is 22.3 Å². The van der Waals surface area contributed by atoms with E-state index in [9.17, 15) is 12.8 Å². The van der Waals surface area contributed by atoms with E-state index in [0.717, 1.165) is 17.4 Å². The number of nitrogens with one attached hydrogen (secondary N) is 2. The number of aliphatic imine (C=N–C) groups is 1. The fourth-order valence-electron chi connectivity index (χ4n) is 3.11. The lowest BCUT2D eigenvalue weighted by molar-refractivity contribution is 0.599. The molecule has 0 aliphatic carbocycles. The van der Waals surface area contributed by atoms with Gasteiger partial charge in [0.15, 0.2) is 15.8 Å². The van der Waals surface area contributed by atoms with Gasteiger partial charge in [0.05, 0.1) is 12.3 Å². The molecule has 0 bridgehead atoms. The highest BCUT2D eigenvalue weighted by Gasteiger charge is 2.11. The van der Waals surface area contributed by atoms with E-state index in [0.29, 0.717) is 30.2 Å². The summed E-state index contributed by atoms with van der Waals surface area (Å²) in [5, 5.41) is 10.4. The maximum atomic E-state index is 13.7. The second-order valence-electron chi connectivity index (χ2n) is 7.18. The van der Waals surface area contributed by atoms with E-state index in [-0.39, 0.29) is 12.3 Å². The summed E-state index contributed by atoms with van der Waals surface area (Å²) >= 11 is 0. The minimum absolute atomic E-state index is 0.144. The van der Waals surface area contributed by atoms with Crippen molar-refractivity contribution in [2.75, 3.05) is 13.3 Å². The Morgan fingerprint density at radius 1 is 1.10 bits per heavy atom. The molecule has 0 radical (unpaired) electrons. The molecule has 3 aromatic rings. The van der Waals surface area contributed by atoms with Crippen LogP contribution in [0.15, 0.2) is 60.1 Å². The number of aromatic nitrogens is 3. The molecule has 1 aromatic heterocycles. The topological polar surface area (TPSA) is 101 Å². The lowest BCUT2D eigenvalue weighted by atomic mass is 10.1. The first-order valence-corrected chi connectivity index (χ1v) is 11.7. The Labute approximate surface area is 181 Å². The molecule has 3 rings (SSSR count). The van der Waals surface area contributed by atoms with Gasteiger partial charge in [-0.25, -0.2) is 22.5 Å². The first-order chi connectivity index (χ1) is 14.8. The molecule has 0 saturated carbocycles. The predicted molar refractivity (Wildman–Crippen MR) is 118 cm³/mol. The summed E-state index contributed by atoms with van der Waals surface area (Å²) in [5.41, 5.74) is 3.29. The summed E-state index contributed by atoms with van der Waals surface area (Å²) in [6, 6.07) is 12.2. The average molecular weight is 445 g/mol. The molecule has 2 N–H and O–H groups in total. The van der Waals surface area contributed by atoms with Crippen LogP contribution in [0.2, 0.25) is 0 Å². The molecule has 2 aromatic carbocycles. The third kappa shape index (κ3) is 7.18. The van der Waals surface area contributed by atoms with Gasteiger partial charge in [0.1, 0.15) is 18.5 Å². The van der Waals surface area contributed by atoms with E-state index < -0.39 is 15.7 Å². The lowest BCUT2D eigenvalue weighted by Crippen LogP contribution is -2.36. The van der Waals surface area contributed by atoms with Crippen LogP contribution in [0, 0.1) is 5.82 Å². The van der Waals surface area contributed by atoms with Crippen LogP contribution >= 0.6 is 0 Å². The Morgan fingerprint density at radius 2 is 1.87 bits per heavy atom. The zero-order valence-electron chi connectivity index (χ0n) is 17.4. The molecular formula is C21H25FN6O2S. The predicted octanol–water partition coefficient (Wildman–Crippen LogP) is 1.88. The standard InChI is InChI=1S/C21H25FN6O2S/c1-23-21(26-11-19-9-20(22)7-6-18(19)13-31(2,29)30)25-10-16-4-3-5-17(8-16)12-28-15-24-14-27-28/h3-9,14-15H,10-13H2,1-2H3,(H2,23,25,26). The van der Waals surface area contributed by atoms with Crippen LogP contribution in [0.3, 0.4) is 0 Å². The molecule has 0 unspecified atom stereocenters. The van der Waals surface area contributed by atoms with Gasteiger partial charge in [-0.05, 0) is 34.4 Å². The van der Waals surface area contributed by atoms with Crippen LogP contribution in [0.5, 0.6) is 0 Å². The minimum Gasteiger partial charge on any atom is -0.352 e. The molecule has 0 saturated heterocycles. The Kier molecular flexibility index (Phi) is 7.35. The number of nitrogens with zero attached hydrogens (tertiary/aromatic N) is 4. The normalized spacial score (nSPS) is 12.0. The van der Waals surface area contributed by atoms with E-state index in [1.54, 1.807) is 18.1 Å². The van der Waals surface area contributed by atoms with Gasteiger partial charge in [0.2, 0.25) is 0 Å². The minimum atomic E-state index is -3.23. The van der Waals surface area contributed by atoms with Crippen molar-refractivity contribution >= 4 is 15.8 Å². The fourth-order valence-corrected chi connectivity index (χ4v) is 3.95. The van der Waals surface area contributed by atoms with E-state index in [4.69, 9.17) is 0 Å². The molecule has 8 nitrogen and oxygen atoms in total. The summed E-state index contributed by atoms with van der Waals surface area (Å²) in [6.45, 7) is 1.41. The molecule has 1 heterocycles. The highest BCUT2D eigenvalue weighted by molar-refractivity contribution is 7.89. The summed E-state index contributed by atoms with van der Waals surface area (Å²) in [6.07, 6.45) is 4.33. The Morgan fingerprint density at radius 3 is 2.58 bits per heavy atom. The summed E-state index contributed by atoms with van der Waals surface area (Å²) in [7, 11) is -1.59. The lowest BCUT2D eigenvalue weighted by Gasteiger charge is -2.15. The molecule has 0 amide bonds. The molecule has 31 heavy (non-hydrogen) atoms.